The number of para-hydroxylation sites is 1. The molecule has 0 saturated heterocycles. The number of sulfonamides is 1. The molecule has 0 bridgehead atoms. The Hall–Kier alpha value is -2.74. The number of hydrogen-bond acceptors (Lipinski definition) is 5. The van der Waals surface area contributed by atoms with Gasteiger partial charge in [0.15, 0.2) is 0 Å². The number of hydrogen-bond donors (Lipinski definition) is 3. The Morgan fingerprint density at radius 2 is 2.00 bits per heavy atom. The Kier molecular flexibility index (Phi) is 5.25. The molecule has 3 rings (SSSR count). The van der Waals surface area contributed by atoms with Crippen molar-refractivity contribution in [2.45, 2.75) is 38.6 Å². The first kappa shape index (κ1) is 20.0. The molecule has 3 N–H and O–H groups in total. The maximum absolute atomic E-state index is 12.1. The van der Waals surface area contributed by atoms with E-state index < -0.39 is 16.2 Å². The molecule has 1 atom stereocenters. The third-order valence-electron chi connectivity index (χ3n) is 4.95. The van der Waals surface area contributed by atoms with E-state index in [0.29, 0.717) is 12.1 Å². The summed E-state index contributed by atoms with van der Waals surface area (Å²) < 4.78 is 31.6. The number of nitrogens with one attached hydrogen (secondary N) is 2. The molecule has 0 spiro atoms. The largest absolute Gasteiger partial charge is 0.511 e. The van der Waals surface area contributed by atoms with Crippen LogP contribution in [0.1, 0.15) is 44.4 Å². The van der Waals surface area contributed by atoms with Gasteiger partial charge in [0, 0.05) is 5.69 Å². The minimum atomic E-state index is -3.39. The molecule has 0 aliphatic carbocycles. The van der Waals surface area contributed by atoms with Crippen LogP contribution in [-0.4, -0.2) is 25.4 Å². The summed E-state index contributed by atoms with van der Waals surface area (Å²) in [5.74, 6) is 0.274. The molecule has 1 heterocycles. The van der Waals surface area contributed by atoms with Crippen molar-refractivity contribution in [3.63, 3.8) is 0 Å². The Morgan fingerprint density at radius 1 is 1.29 bits per heavy atom. The number of rotatable bonds is 5. The Bertz CT molecular complexity index is 1000. The van der Waals surface area contributed by atoms with Crippen LogP contribution in [0.25, 0.3) is 0 Å². The highest BCUT2D eigenvalue weighted by atomic mass is 32.2. The molecule has 0 aromatic heterocycles. The van der Waals surface area contributed by atoms with Crippen LogP contribution in [0.2, 0.25) is 0 Å². The van der Waals surface area contributed by atoms with Gasteiger partial charge in [-0.05, 0) is 54.2 Å². The van der Waals surface area contributed by atoms with Crippen molar-refractivity contribution in [2.75, 3.05) is 15.8 Å². The zero-order chi connectivity index (χ0) is 20.5. The van der Waals surface area contributed by atoms with E-state index in [0.717, 1.165) is 16.8 Å². The number of benzene rings is 2. The van der Waals surface area contributed by atoms with Crippen LogP contribution >= 0.6 is 0 Å². The maximum atomic E-state index is 12.1. The Morgan fingerprint density at radius 3 is 2.68 bits per heavy atom. The predicted octanol–water partition coefficient (Wildman–Crippen LogP) is 4.34. The number of fused-ring (bicyclic) bond motifs is 1. The number of ether oxygens (including phenoxy) is 1. The van der Waals surface area contributed by atoms with Crippen molar-refractivity contribution in [2.24, 2.45) is 0 Å². The Labute approximate surface area is 164 Å². The first-order valence-corrected chi connectivity index (χ1v) is 10.7. The lowest BCUT2D eigenvalue weighted by Gasteiger charge is -2.39. The van der Waals surface area contributed by atoms with E-state index in [1.807, 2.05) is 12.1 Å². The fourth-order valence-corrected chi connectivity index (χ4v) is 4.22. The van der Waals surface area contributed by atoms with Crippen molar-refractivity contribution >= 4 is 27.6 Å². The van der Waals surface area contributed by atoms with Gasteiger partial charge in [-0.25, -0.2) is 13.2 Å². The highest BCUT2D eigenvalue weighted by molar-refractivity contribution is 7.92. The first-order valence-electron chi connectivity index (χ1n) is 9.02. The van der Waals surface area contributed by atoms with Gasteiger partial charge >= 0.3 is 6.16 Å². The van der Waals surface area contributed by atoms with Crippen LogP contribution in [0.5, 0.6) is 5.75 Å². The molecule has 8 heteroatoms. The minimum Gasteiger partial charge on any atom is -0.449 e. The lowest BCUT2D eigenvalue weighted by molar-refractivity contribution is 0.144. The van der Waals surface area contributed by atoms with E-state index >= 15 is 0 Å². The summed E-state index contributed by atoms with van der Waals surface area (Å²) in [6, 6.07) is 12.4. The van der Waals surface area contributed by atoms with Crippen molar-refractivity contribution < 1.29 is 23.1 Å². The smallest absolute Gasteiger partial charge is 0.449 e. The standard InChI is InChI=1S/C20H24N2O5S/c1-4-28(25,26)22-16-8-6-5-7-14(16)18-12-20(2,3)15-11-13(27-19(23)24)9-10-17(15)21-18/h5-11,18,21-22H,4,12H2,1-3H3,(H,23,24). The Balaban J connectivity index is 1.97. The number of carboxylic acid groups (broad SMARTS) is 1. The van der Waals surface area contributed by atoms with E-state index in [2.05, 4.69) is 23.9 Å². The molecule has 0 saturated carbocycles. The first-order chi connectivity index (χ1) is 13.1. The molecule has 1 aliphatic heterocycles. The quantitative estimate of drug-likeness (QED) is 0.506. The highest BCUT2D eigenvalue weighted by Crippen LogP contribution is 2.46. The monoisotopic (exact) mass is 404 g/mol. The summed E-state index contributed by atoms with van der Waals surface area (Å²) in [5.41, 5.74) is 2.97. The summed E-state index contributed by atoms with van der Waals surface area (Å²) in [4.78, 5) is 10.8. The van der Waals surface area contributed by atoms with Crippen molar-refractivity contribution in [3.05, 3.63) is 53.6 Å². The molecule has 7 nitrogen and oxygen atoms in total. The molecule has 2 aromatic rings. The zero-order valence-corrected chi connectivity index (χ0v) is 16.8. The van der Waals surface area contributed by atoms with E-state index in [1.165, 1.54) is 0 Å². The lowest BCUT2D eigenvalue weighted by Crippen LogP contribution is -2.32. The second-order valence-electron chi connectivity index (χ2n) is 7.45. The molecular weight excluding hydrogens is 380 g/mol. The van der Waals surface area contributed by atoms with Gasteiger partial charge in [-0.2, -0.15) is 0 Å². The van der Waals surface area contributed by atoms with Gasteiger partial charge in [-0.1, -0.05) is 32.0 Å². The highest BCUT2D eigenvalue weighted by Gasteiger charge is 2.35. The number of carbonyl (C=O) groups is 1. The molecular formula is C20H24N2O5S. The molecule has 150 valence electrons. The summed E-state index contributed by atoms with van der Waals surface area (Å²) in [6.07, 6.45) is -0.655. The van der Waals surface area contributed by atoms with Gasteiger partial charge in [0.2, 0.25) is 10.0 Å². The molecule has 1 unspecified atom stereocenters. The molecule has 0 amide bonds. The summed E-state index contributed by atoms with van der Waals surface area (Å²) in [6.45, 7) is 5.74. The van der Waals surface area contributed by atoms with Crippen LogP contribution < -0.4 is 14.8 Å². The minimum absolute atomic E-state index is 0.000109. The maximum Gasteiger partial charge on any atom is 0.511 e. The molecule has 0 fully saturated rings. The molecule has 1 aliphatic rings. The van der Waals surface area contributed by atoms with Crippen LogP contribution in [-0.2, 0) is 15.4 Å². The molecule has 0 radical (unpaired) electrons. The normalized spacial score (nSPS) is 17.9. The van der Waals surface area contributed by atoms with Gasteiger partial charge in [0.1, 0.15) is 5.75 Å². The number of anilines is 2. The van der Waals surface area contributed by atoms with Gasteiger partial charge in [0.25, 0.3) is 0 Å². The van der Waals surface area contributed by atoms with Crippen molar-refractivity contribution in [3.8, 4) is 5.75 Å². The SMILES string of the molecule is CCS(=O)(=O)Nc1ccccc1C1CC(C)(C)c2cc(OC(=O)O)ccc2N1. The average Bonchev–Trinajstić information content (AvgIpc) is 2.61. The van der Waals surface area contributed by atoms with Gasteiger partial charge in [-0.15, -0.1) is 0 Å². The fraction of sp³-hybridized carbons (Fsp3) is 0.350. The fourth-order valence-electron chi connectivity index (χ4n) is 3.55. The van der Waals surface area contributed by atoms with Gasteiger partial charge < -0.3 is 15.2 Å². The van der Waals surface area contributed by atoms with Crippen LogP contribution in [0, 0.1) is 0 Å². The second-order valence-corrected chi connectivity index (χ2v) is 9.46. The van der Waals surface area contributed by atoms with E-state index in [4.69, 9.17) is 9.84 Å². The summed E-state index contributed by atoms with van der Waals surface area (Å²) in [7, 11) is -3.39. The van der Waals surface area contributed by atoms with E-state index in [9.17, 15) is 13.2 Å². The average molecular weight is 404 g/mol. The third kappa shape index (κ3) is 4.22. The topological polar surface area (TPSA) is 105 Å². The van der Waals surface area contributed by atoms with E-state index in [1.54, 1.807) is 37.3 Å². The van der Waals surface area contributed by atoms with Gasteiger partial charge in [-0.3, -0.25) is 4.72 Å². The summed E-state index contributed by atoms with van der Waals surface area (Å²) >= 11 is 0. The predicted molar refractivity (Wildman–Crippen MR) is 109 cm³/mol. The van der Waals surface area contributed by atoms with Crippen LogP contribution in [0.15, 0.2) is 42.5 Å². The molecule has 2 aromatic carbocycles. The van der Waals surface area contributed by atoms with Crippen LogP contribution in [0.4, 0.5) is 16.2 Å². The third-order valence-corrected chi connectivity index (χ3v) is 6.24. The van der Waals surface area contributed by atoms with E-state index in [-0.39, 0.29) is 23.0 Å². The lowest BCUT2D eigenvalue weighted by atomic mass is 9.74. The second kappa shape index (κ2) is 7.35. The van der Waals surface area contributed by atoms with Gasteiger partial charge in [0.05, 0.1) is 17.5 Å². The van der Waals surface area contributed by atoms with Crippen molar-refractivity contribution in [1.82, 2.24) is 0 Å². The molecule has 28 heavy (non-hydrogen) atoms. The summed E-state index contributed by atoms with van der Waals surface area (Å²) in [5, 5.41) is 12.3. The van der Waals surface area contributed by atoms with Crippen LogP contribution in [0.3, 0.4) is 0 Å². The van der Waals surface area contributed by atoms with Crippen molar-refractivity contribution in [1.29, 1.82) is 0 Å². The zero-order valence-electron chi connectivity index (χ0n) is 16.0.